The Morgan fingerprint density at radius 3 is 2.83 bits per heavy atom. The van der Waals surface area contributed by atoms with Crippen molar-refractivity contribution in [3.05, 3.63) is 33.3 Å². The highest BCUT2D eigenvalue weighted by Crippen LogP contribution is 2.31. The van der Waals surface area contributed by atoms with E-state index in [0.29, 0.717) is 28.1 Å². The summed E-state index contributed by atoms with van der Waals surface area (Å²) < 4.78 is 0.708. The van der Waals surface area contributed by atoms with Gasteiger partial charge in [0.25, 0.3) is 5.91 Å². The van der Waals surface area contributed by atoms with Gasteiger partial charge in [0.05, 0.1) is 29.3 Å². The van der Waals surface area contributed by atoms with Crippen LogP contribution >= 0.6 is 27.5 Å². The molecule has 0 spiro atoms. The fourth-order valence-electron chi connectivity index (χ4n) is 2.27. The third kappa shape index (κ3) is 2.56. The van der Waals surface area contributed by atoms with Crippen molar-refractivity contribution in [1.82, 2.24) is 4.90 Å². The summed E-state index contributed by atoms with van der Waals surface area (Å²) in [7, 11) is 0. The van der Waals surface area contributed by atoms with Gasteiger partial charge in [0, 0.05) is 4.47 Å². The fourth-order valence-corrected chi connectivity index (χ4v) is 2.84. The van der Waals surface area contributed by atoms with Gasteiger partial charge in [-0.25, -0.2) is 0 Å². The summed E-state index contributed by atoms with van der Waals surface area (Å²) in [6, 6.07) is 5.27. The molecule has 1 aliphatic rings. The molecule has 2 rings (SSSR count). The van der Waals surface area contributed by atoms with Crippen LogP contribution in [-0.4, -0.2) is 34.6 Å². The van der Waals surface area contributed by atoms with Gasteiger partial charge in [-0.1, -0.05) is 31.0 Å². The molecule has 1 aliphatic heterocycles. The molecule has 1 aromatic rings. The van der Waals surface area contributed by atoms with E-state index in [1.807, 2.05) is 6.92 Å². The first-order valence-electron chi connectivity index (χ1n) is 5.92. The molecule has 0 bridgehead atoms. The Labute approximate surface area is 120 Å². The maximum absolute atomic E-state index is 12.2. The maximum atomic E-state index is 12.2. The minimum absolute atomic E-state index is 0.123. The second-order valence-corrected chi connectivity index (χ2v) is 5.97. The Kier molecular flexibility index (Phi) is 3.99. The summed E-state index contributed by atoms with van der Waals surface area (Å²) in [5.41, 5.74) is -0.229. The highest BCUT2D eigenvalue weighted by Gasteiger charge is 2.43. The number of halogens is 2. The maximum Gasteiger partial charge on any atom is 0.255 e. The summed E-state index contributed by atoms with van der Waals surface area (Å²) in [5, 5.41) is 10.5. The van der Waals surface area contributed by atoms with Crippen molar-refractivity contribution in [3.8, 4) is 0 Å². The van der Waals surface area contributed by atoms with Crippen LogP contribution in [0.15, 0.2) is 22.7 Å². The molecule has 5 heteroatoms. The molecule has 0 saturated carbocycles. The van der Waals surface area contributed by atoms with Gasteiger partial charge in [0.2, 0.25) is 0 Å². The lowest BCUT2D eigenvalue weighted by atomic mass is 9.89. The van der Waals surface area contributed by atoms with Crippen molar-refractivity contribution in [1.29, 1.82) is 0 Å². The second kappa shape index (κ2) is 5.19. The quantitative estimate of drug-likeness (QED) is 0.924. The van der Waals surface area contributed by atoms with E-state index in [1.54, 1.807) is 23.1 Å². The number of nitrogens with zero attached hydrogens (tertiary/aromatic N) is 1. The van der Waals surface area contributed by atoms with Crippen molar-refractivity contribution in [3.63, 3.8) is 0 Å². The van der Waals surface area contributed by atoms with Gasteiger partial charge in [-0.15, -0.1) is 0 Å². The number of carbonyl (C=O) groups excluding carboxylic acids is 1. The van der Waals surface area contributed by atoms with Crippen molar-refractivity contribution in [2.45, 2.75) is 25.4 Å². The topological polar surface area (TPSA) is 40.5 Å². The normalized spacial score (nSPS) is 17.4. The molecule has 0 atom stereocenters. The lowest BCUT2D eigenvalue weighted by molar-refractivity contribution is -0.0860. The van der Waals surface area contributed by atoms with Crippen molar-refractivity contribution >= 4 is 33.4 Å². The Morgan fingerprint density at radius 1 is 1.56 bits per heavy atom. The number of amides is 1. The zero-order valence-electron chi connectivity index (χ0n) is 10.1. The van der Waals surface area contributed by atoms with Gasteiger partial charge in [0.1, 0.15) is 0 Å². The van der Waals surface area contributed by atoms with Crippen LogP contribution in [0.2, 0.25) is 5.02 Å². The standard InChI is InChI=1S/C13H15BrClNO2/c1-2-6-13(18)7-16(8-13)12(17)9-4-3-5-10(14)11(9)15/h3-5,18H,2,6-8H2,1H3. The number of hydrogen-bond donors (Lipinski definition) is 1. The van der Waals surface area contributed by atoms with Crippen LogP contribution in [-0.2, 0) is 0 Å². The summed E-state index contributed by atoms with van der Waals surface area (Å²) in [4.78, 5) is 13.8. The van der Waals surface area contributed by atoms with Crippen molar-refractivity contribution in [2.75, 3.05) is 13.1 Å². The molecule has 0 unspecified atom stereocenters. The monoisotopic (exact) mass is 331 g/mol. The average molecular weight is 333 g/mol. The van der Waals surface area contributed by atoms with E-state index in [-0.39, 0.29) is 5.91 Å². The van der Waals surface area contributed by atoms with Gasteiger partial charge in [-0.2, -0.15) is 0 Å². The molecule has 0 radical (unpaired) electrons. The summed E-state index contributed by atoms with van der Waals surface area (Å²) in [6.45, 7) is 2.80. The zero-order chi connectivity index (χ0) is 13.3. The smallest absolute Gasteiger partial charge is 0.255 e. The summed E-state index contributed by atoms with van der Waals surface area (Å²) in [5.74, 6) is -0.123. The fraction of sp³-hybridized carbons (Fsp3) is 0.462. The molecule has 1 N–H and O–H groups in total. The van der Waals surface area contributed by atoms with Gasteiger partial charge >= 0.3 is 0 Å². The third-order valence-corrected chi connectivity index (χ3v) is 4.45. The highest BCUT2D eigenvalue weighted by atomic mass is 79.9. The van der Waals surface area contributed by atoms with Crippen molar-refractivity contribution < 1.29 is 9.90 Å². The molecule has 1 heterocycles. The minimum Gasteiger partial charge on any atom is -0.386 e. The van der Waals surface area contributed by atoms with E-state index in [4.69, 9.17) is 11.6 Å². The van der Waals surface area contributed by atoms with Crippen LogP contribution < -0.4 is 0 Å². The van der Waals surface area contributed by atoms with Gasteiger partial charge in [-0.05, 0) is 34.5 Å². The number of β-amino-alcohol motifs (C(OH)–C–C–N with tert-alkyl or cyclic N) is 1. The molecule has 0 aromatic heterocycles. The zero-order valence-corrected chi connectivity index (χ0v) is 12.5. The minimum atomic E-state index is -0.705. The van der Waals surface area contributed by atoms with E-state index in [0.717, 1.165) is 12.8 Å². The number of rotatable bonds is 3. The first kappa shape index (κ1) is 13.8. The van der Waals surface area contributed by atoms with Crippen LogP contribution in [0, 0.1) is 0 Å². The number of aliphatic hydroxyl groups is 1. The molecular formula is C13H15BrClNO2. The van der Waals surface area contributed by atoms with Crippen LogP contribution in [0.1, 0.15) is 30.1 Å². The molecule has 0 aliphatic carbocycles. The highest BCUT2D eigenvalue weighted by molar-refractivity contribution is 9.10. The van der Waals surface area contributed by atoms with Crippen LogP contribution in [0.5, 0.6) is 0 Å². The molecular weight excluding hydrogens is 318 g/mol. The molecule has 1 aromatic carbocycles. The van der Waals surface area contributed by atoms with E-state index in [1.165, 1.54) is 0 Å². The van der Waals surface area contributed by atoms with Gasteiger partial charge in [0.15, 0.2) is 0 Å². The molecule has 18 heavy (non-hydrogen) atoms. The Bertz CT molecular complexity index is 472. The summed E-state index contributed by atoms with van der Waals surface area (Å²) in [6.07, 6.45) is 1.64. The number of carbonyl (C=O) groups is 1. The van der Waals surface area contributed by atoms with E-state index < -0.39 is 5.60 Å². The van der Waals surface area contributed by atoms with Gasteiger partial charge in [-0.3, -0.25) is 4.79 Å². The molecule has 98 valence electrons. The molecule has 3 nitrogen and oxygen atoms in total. The van der Waals surface area contributed by atoms with Crippen LogP contribution in [0.3, 0.4) is 0 Å². The third-order valence-electron chi connectivity index (χ3n) is 3.15. The first-order valence-corrected chi connectivity index (χ1v) is 7.09. The van der Waals surface area contributed by atoms with E-state index in [9.17, 15) is 9.90 Å². The molecule has 1 amide bonds. The Hall–Kier alpha value is -0.580. The molecule has 1 fully saturated rings. The Balaban J connectivity index is 2.08. The van der Waals surface area contributed by atoms with Crippen molar-refractivity contribution in [2.24, 2.45) is 0 Å². The summed E-state index contributed by atoms with van der Waals surface area (Å²) >= 11 is 9.39. The number of likely N-dealkylation sites (tertiary alicyclic amines) is 1. The molecule has 1 saturated heterocycles. The Morgan fingerprint density at radius 2 is 2.22 bits per heavy atom. The lowest BCUT2D eigenvalue weighted by Gasteiger charge is -2.46. The SMILES string of the molecule is CCCC1(O)CN(C(=O)c2cccc(Br)c2Cl)C1. The lowest BCUT2D eigenvalue weighted by Crippen LogP contribution is -2.63. The van der Waals surface area contributed by atoms with E-state index >= 15 is 0 Å². The largest absolute Gasteiger partial charge is 0.386 e. The first-order chi connectivity index (χ1) is 8.47. The predicted octanol–water partition coefficient (Wildman–Crippen LogP) is 3.09. The number of benzene rings is 1. The van der Waals surface area contributed by atoms with Crippen LogP contribution in [0.25, 0.3) is 0 Å². The number of hydrogen-bond acceptors (Lipinski definition) is 2. The van der Waals surface area contributed by atoms with Crippen LogP contribution in [0.4, 0.5) is 0 Å². The van der Waals surface area contributed by atoms with Gasteiger partial charge < -0.3 is 10.0 Å². The average Bonchev–Trinajstić information content (AvgIpc) is 2.29. The predicted molar refractivity (Wildman–Crippen MR) is 74.9 cm³/mol. The van der Waals surface area contributed by atoms with E-state index in [2.05, 4.69) is 15.9 Å². The second-order valence-electron chi connectivity index (χ2n) is 4.74.